The van der Waals surface area contributed by atoms with Crippen molar-refractivity contribution in [3.8, 4) is 5.75 Å². The molecule has 0 amide bonds. The van der Waals surface area contributed by atoms with Gasteiger partial charge in [0.2, 0.25) is 10.0 Å². The SMILES string of the molecule is C=CCOc1cc(C)c(F)c(C(=O)CNS(=O)(=O)c2ccccc2)c1. The van der Waals surface area contributed by atoms with Crippen LogP contribution in [0.1, 0.15) is 15.9 Å². The number of halogens is 1. The minimum atomic E-state index is -3.85. The Morgan fingerprint density at radius 2 is 1.96 bits per heavy atom. The first-order valence-corrected chi connectivity index (χ1v) is 8.95. The number of Topliss-reactive ketones (excluding diaryl/α,β-unsaturated/α-hetero) is 1. The van der Waals surface area contributed by atoms with Crippen molar-refractivity contribution in [1.82, 2.24) is 4.72 Å². The second-order valence-electron chi connectivity index (χ2n) is 5.26. The number of nitrogens with one attached hydrogen (secondary N) is 1. The number of ether oxygens (including phenoxy) is 1. The van der Waals surface area contributed by atoms with Crippen molar-refractivity contribution < 1.29 is 22.3 Å². The van der Waals surface area contributed by atoms with E-state index < -0.39 is 28.2 Å². The van der Waals surface area contributed by atoms with Gasteiger partial charge in [-0.3, -0.25) is 4.79 Å². The highest BCUT2D eigenvalue weighted by Crippen LogP contribution is 2.22. The Kier molecular flexibility index (Phi) is 6.06. The van der Waals surface area contributed by atoms with E-state index in [2.05, 4.69) is 11.3 Å². The Morgan fingerprint density at radius 1 is 1.28 bits per heavy atom. The van der Waals surface area contributed by atoms with Crippen LogP contribution in [0.5, 0.6) is 5.75 Å². The minimum Gasteiger partial charge on any atom is -0.490 e. The molecule has 0 saturated carbocycles. The molecule has 0 aliphatic carbocycles. The maximum absolute atomic E-state index is 14.2. The molecule has 0 atom stereocenters. The molecule has 0 unspecified atom stereocenters. The Hall–Kier alpha value is -2.51. The van der Waals surface area contributed by atoms with Gasteiger partial charge >= 0.3 is 0 Å². The molecule has 0 aliphatic heterocycles. The standard InChI is InChI=1S/C18H18FNO4S/c1-3-9-24-14-10-13(2)18(19)16(11-14)17(21)12-20-25(22,23)15-7-5-4-6-8-15/h3-8,10-11,20H,1,9,12H2,2H3. The van der Waals surface area contributed by atoms with E-state index in [4.69, 9.17) is 4.74 Å². The van der Waals surface area contributed by atoms with Gasteiger partial charge in [0.1, 0.15) is 18.2 Å². The third-order valence-corrected chi connectivity index (χ3v) is 4.79. The summed E-state index contributed by atoms with van der Waals surface area (Å²) < 4.78 is 46.0. The van der Waals surface area contributed by atoms with E-state index in [9.17, 15) is 17.6 Å². The highest BCUT2D eigenvalue weighted by Gasteiger charge is 2.19. The first-order chi connectivity index (χ1) is 11.8. The summed E-state index contributed by atoms with van der Waals surface area (Å²) in [6.45, 7) is 4.67. The van der Waals surface area contributed by atoms with Crippen LogP contribution in [-0.2, 0) is 10.0 Å². The van der Waals surface area contributed by atoms with Crippen LogP contribution < -0.4 is 9.46 Å². The van der Waals surface area contributed by atoms with Crippen LogP contribution in [0.4, 0.5) is 4.39 Å². The van der Waals surface area contributed by atoms with E-state index in [1.807, 2.05) is 0 Å². The third kappa shape index (κ3) is 4.74. The molecule has 132 valence electrons. The van der Waals surface area contributed by atoms with E-state index in [0.717, 1.165) is 0 Å². The second-order valence-corrected chi connectivity index (χ2v) is 7.03. The number of hydrogen-bond donors (Lipinski definition) is 1. The lowest BCUT2D eigenvalue weighted by Crippen LogP contribution is -2.30. The van der Waals surface area contributed by atoms with Crippen LogP contribution >= 0.6 is 0 Å². The Morgan fingerprint density at radius 3 is 2.60 bits per heavy atom. The minimum absolute atomic E-state index is 0.0301. The van der Waals surface area contributed by atoms with Crippen molar-refractivity contribution in [2.24, 2.45) is 0 Å². The first-order valence-electron chi connectivity index (χ1n) is 7.47. The van der Waals surface area contributed by atoms with Gasteiger partial charge in [-0.1, -0.05) is 30.9 Å². The van der Waals surface area contributed by atoms with Gasteiger partial charge in [0, 0.05) is 0 Å². The molecule has 0 aromatic heterocycles. The molecule has 0 saturated heterocycles. The number of sulfonamides is 1. The number of carbonyl (C=O) groups is 1. The zero-order valence-electron chi connectivity index (χ0n) is 13.7. The van der Waals surface area contributed by atoms with Gasteiger partial charge in [0.25, 0.3) is 0 Å². The fourth-order valence-electron chi connectivity index (χ4n) is 2.12. The molecule has 5 nitrogen and oxygen atoms in total. The molecule has 25 heavy (non-hydrogen) atoms. The summed E-state index contributed by atoms with van der Waals surface area (Å²) in [5.41, 5.74) is 0.00523. The van der Waals surface area contributed by atoms with Crippen molar-refractivity contribution in [1.29, 1.82) is 0 Å². The number of ketones is 1. The Bertz CT molecular complexity index is 879. The average Bonchev–Trinajstić information content (AvgIpc) is 2.61. The normalized spacial score (nSPS) is 11.1. The zero-order chi connectivity index (χ0) is 18.4. The number of benzene rings is 2. The highest BCUT2D eigenvalue weighted by molar-refractivity contribution is 7.89. The van der Waals surface area contributed by atoms with Gasteiger partial charge in [-0.15, -0.1) is 0 Å². The van der Waals surface area contributed by atoms with Crippen molar-refractivity contribution in [3.05, 3.63) is 72.1 Å². The third-order valence-electron chi connectivity index (χ3n) is 3.37. The van der Waals surface area contributed by atoms with Crippen molar-refractivity contribution >= 4 is 15.8 Å². The van der Waals surface area contributed by atoms with Gasteiger partial charge in [0.15, 0.2) is 5.78 Å². The monoisotopic (exact) mass is 363 g/mol. The fraction of sp³-hybridized carbons (Fsp3) is 0.167. The lowest BCUT2D eigenvalue weighted by Gasteiger charge is -2.10. The summed E-state index contributed by atoms with van der Waals surface area (Å²) in [6, 6.07) is 10.3. The molecule has 0 spiro atoms. The van der Waals surface area contributed by atoms with Crippen LogP contribution in [0, 0.1) is 12.7 Å². The summed E-state index contributed by atoms with van der Waals surface area (Å²) in [5.74, 6) is -1.08. The average molecular weight is 363 g/mol. The second kappa shape index (κ2) is 8.04. The molecule has 2 rings (SSSR count). The highest BCUT2D eigenvalue weighted by atomic mass is 32.2. The van der Waals surface area contributed by atoms with Gasteiger partial charge in [-0.2, -0.15) is 0 Å². The van der Waals surface area contributed by atoms with Crippen LogP contribution in [-0.4, -0.2) is 27.4 Å². The molecule has 7 heteroatoms. The molecule has 2 aromatic carbocycles. The van der Waals surface area contributed by atoms with Crippen LogP contribution in [0.15, 0.2) is 60.0 Å². The van der Waals surface area contributed by atoms with Gasteiger partial charge < -0.3 is 4.74 Å². The Labute approximate surface area is 146 Å². The summed E-state index contributed by atoms with van der Waals surface area (Å²) in [4.78, 5) is 12.3. The van der Waals surface area contributed by atoms with Gasteiger partial charge in [-0.25, -0.2) is 17.5 Å². The van der Waals surface area contributed by atoms with Gasteiger partial charge in [0.05, 0.1) is 17.0 Å². The number of carbonyl (C=O) groups excluding carboxylic acids is 1. The van der Waals surface area contributed by atoms with Crippen molar-refractivity contribution in [3.63, 3.8) is 0 Å². The van der Waals surface area contributed by atoms with E-state index in [1.165, 1.54) is 37.3 Å². The predicted octanol–water partition coefficient (Wildman–Crippen LogP) is 2.86. The molecular formula is C18H18FNO4S. The molecule has 0 radical (unpaired) electrons. The van der Waals surface area contributed by atoms with Crippen molar-refractivity contribution in [2.75, 3.05) is 13.2 Å². The molecular weight excluding hydrogens is 345 g/mol. The summed E-state index contributed by atoms with van der Waals surface area (Å²) in [5, 5.41) is 0. The summed E-state index contributed by atoms with van der Waals surface area (Å²) in [6.07, 6.45) is 1.52. The van der Waals surface area contributed by atoms with E-state index in [0.29, 0.717) is 5.75 Å². The first kappa shape index (κ1) is 18.8. The number of rotatable bonds is 8. The van der Waals surface area contributed by atoms with Crippen LogP contribution in [0.25, 0.3) is 0 Å². The molecule has 0 aliphatic rings. The van der Waals surface area contributed by atoms with Crippen LogP contribution in [0.3, 0.4) is 0 Å². The quantitative estimate of drug-likeness (QED) is 0.578. The maximum Gasteiger partial charge on any atom is 0.240 e. The molecule has 2 aromatic rings. The zero-order valence-corrected chi connectivity index (χ0v) is 14.5. The van der Waals surface area contributed by atoms with E-state index in [1.54, 1.807) is 18.2 Å². The van der Waals surface area contributed by atoms with Crippen LogP contribution in [0.2, 0.25) is 0 Å². The predicted molar refractivity (Wildman–Crippen MR) is 92.8 cm³/mol. The smallest absolute Gasteiger partial charge is 0.240 e. The molecule has 0 heterocycles. The van der Waals surface area contributed by atoms with E-state index in [-0.39, 0.29) is 22.6 Å². The largest absolute Gasteiger partial charge is 0.490 e. The number of aryl methyl sites for hydroxylation is 1. The molecule has 1 N–H and O–H groups in total. The molecule has 0 bridgehead atoms. The fourth-order valence-corrected chi connectivity index (χ4v) is 3.12. The Balaban J connectivity index is 2.18. The lowest BCUT2D eigenvalue weighted by atomic mass is 10.1. The summed E-state index contributed by atoms with van der Waals surface area (Å²) >= 11 is 0. The maximum atomic E-state index is 14.2. The lowest BCUT2D eigenvalue weighted by molar-refractivity contribution is 0.0992. The topological polar surface area (TPSA) is 72.5 Å². The number of hydrogen-bond acceptors (Lipinski definition) is 4. The van der Waals surface area contributed by atoms with Gasteiger partial charge in [-0.05, 0) is 36.8 Å². The molecule has 0 fully saturated rings. The van der Waals surface area contributed by atoms with E-state index >= 15 is 0 Å². The summed E-state index contributed by atoms with van der Waals surface area (Å²) in [7, 11) is -3.85. The van der Waals surface area contributed by atoms with Crippen molar-refractivity contribution in [2.45, 2.75) is 11.8 Å².